The monoisotopic (exact) mass is 377 g/mol. The van der Waals surface area contributed by atoms with E-state index >= 15 is 0 Å². The highest BCUT2D eigenvalue weighted by Crippen LogP contribution is 2.15. The minimum atomic E-state index is -0.535. The third-order valence-corrected chi connectivity index (χ3v) is 4.12. The number of hydrogen-bond acceptors (Lipinski definition) is 7. The van der Waals surface area contributed by atoms with E-state index in [-0.39, 0.29) is 17.7 Å². The van der Waals surface area contributed by atoms with Crippen LogP contribution >= 0.6 is 0 Å². The molecule has 0 saturated heterocycles. The number of ether oxygens (including phenoxy) is 1. The number of para-hydroxylation sites is 1. The highest BCUT2D eigenvalue weighted by molar-refractivity contribution is 5.93. The average Bonchev–Trinajstić information content (AvgIpc) is 3.20. The number of tetrazole rings is 1. The van der Waals surface area contributed by atoms with Crippen molar-refractivity contribution in [2.75, 3.05) is 7.11 Å². The van der Waals surface area contributed by atoms with Crippen LogP contribution in [-0.4, -0.2) is 33.2 Å². The number of nitrogens with one attached hydrogen (secondary N) is 1. The molecule has 0 unspecified atom stereocenters. The van der Waals surface area contributed by atoms with Crippen molar-refractivity contribution in [1.29, 1.82) is 0 Å². The molecule has 0 aliphatic heterocycles. The van der Waals surface area contributed by atoms with Crippen LogP contribution in [0.25, 0.3) is 16.7 Å². The molecule has 140 valence electrons. The Kier molecular flexibility index (Phi) is 4.55. The lowest BCUT2D eigenvalue weighted by atomic mass is 10.2. The predicted octanol–water partition coefficient (Wildman–Crippen LogP) is 1.71. The fourth-order valence-electron chi connectivity index (χ4n) is 2.70. The molecule has 0 spiro atoms. The zero-order chi connectivity index (χ0) is 19.5. The van der Waals surface area contributed by atoms with Crippen LogP contribution in [0, 0.1) is 0 Å². The Balaban J connectivity index is 1.53. The second kappa shape index (κ2) is 7.31. The summed E-state index contributed by atoms with van der Waals surface area (Å²) in [6, 6.07) is 15.1. The molecule has 0 bridgehead atoms. The summed E-state index contributed by atoms with van der Waals surface area (Å²) in [6.45, 7) is 0.0500. The quantitative estimate of drug-likeness (QED) is 0.563. The van der Waals surface area contributed by atoms with Crippen LogP contribution in [0.5, 0.6) is 5.75 Å². The summed E-state index contributed by atoms with van der Waals surface area (Å²) in [7, 11) is 1.58. The molecular formula is C19H15N5O4. The number of benzene rings is 2. The molecule has 0 saturated carbocycles. The number of hydrogen-bond donors (Lipinski definition) is 1. The molecular weight excluding hydrogens is 362 g/mol. The first-order valence-electron chi connectivity index (χ1n) is 8.38. The number of rotatable bonds is 5. The fourth-order valence-corrected chi connectivity index (χ4v) is 2.70. The van der Waals surface area contributed by atoms with Gasteiger partial charge in [0.15, 0.2) is 17.0 Å². The lowest BCUT2D eigenvalue weighted by Gasteiger charge is -2.07. The number of carbonyl (C=O) groups is 1. The summed E-state index contributed by atoms with van der Waals surface area (Å²) in [5.41, 5.74) is 0.783. The minimum Gasteiger partial charge on any atom is -0.497 e. The number of aromatic nitrogens is 4. The molecule has 1 amide bonds. The largest absolute Gasteiger partial charge is 0.497 e. The molecule has 4 rings (SSSR count). The van der Waals surface area contributed by atoms with E-state index in [0.717, 1.165) is 0 Å². The normalized spacial score (nSPS) is 10.8. The molecule has 0 aliphatic rings. The van der Waals surface area contributed by atoms with Crippen molar-refractivity contribution in [2.45, 2.75) is 6.54 Å². The van der Waals surface area contributed by atoms with Crippen molar-refractivity contribution < 1.29 is 13.9 Å². The van der Waals surface area contributed by atoms with E-state index < -0.39 is 5.91 Å². The number of methoxy groups -OCH3 is 1. The first-order valence-corrected chi connectivity index (χ1v) is 8.38. The van der Waals surface area contributed by atoms with E-state index in [9.17, 15) is 9.59 Å². The highest BCUT2D eigenvalue weighted by Gasteiger charge is 2.14. The van der Waals surface area contributed by atoms with Gasteiger partial charge < -0.3 is 14.5 Å². The van der Waals surface area contributed by atoms with Gasteiger partial charge in [0.25, 0.3) is 5.91 Å². The van der Waals surface area contributed by atoms with Gasteiger partial charge in [-0.1, -0.05) is 12.1 Å². The fraction of sp³-hybridized carbons (Fsp3) is 0.105. The molecule has 2 heterocycles. The van der Waals surface area contributed by atoms with Crippen LogP contribution in [0.1, 0.15) is 16.4 Å². The summed E-state index contributed by atoms with van der Waals surface area (Å²) in [6.07, 6.45) is 0. The number of nitrogens with zero attached hydrogens (tertiary/aromatic N) is 4. The maximum absolute atomic E-state index is 12.4. The molecule has 9 nitrogen and oxygen atoms in total. The van der Waals surface area contributed by atoms with Crippen LogP contribution in [0.15, 0.2) is 63.8 Å². The Labute approximate surface area is 158 Å². The van der Waals surface area contributed by atoms with Crippen LogP contribution in [0.2, 0.25) is 0 Å². The lowest BCUT2D eigenvalue weighted by molar-refractivity contribution is 0.0922. The topological polar surface area (TPSA) is 112 Å². The zero-order valence-electron chi connectivity index (χ0n) is 14.8. The van der Waals surface area contributed by atoms with Gasteiger partial charge in [-0.2, -0.15) is 4.68 Å². The van der Waals surface area contributed by atoms with Crippen molar-refractivity contribution in [2.24, 2.45) is 0 Å². The second-order valence-corrected chi connectivity index (χ2v) is 5.86. The maximum atomic E-state index is 12.4. The average molecular weight is 377 g/mol. The standard InChI is InChI=1S/C19H15N5O4/c1-27-13-8-6-12(7-9-13)24-18(21-22-23-24)11-20-19(26)17-10-15(25)14-4-2-3-5-16(14)28-17/h2-10H,11H2,1H3,(H,20,26). The van der Waals surface area contributed by atoms with E-state index in [1.807, 2.05) is 0 Å². The third-order valence-electron chi connectivity index (χ3n) is 4.12. The molecule has 0 atom stereocenters. The summed E-state index contributed by atoms with van der Waals surface area (Å²) in [5.74, 6) is 0.513. The summed E-state index contributed by atoms with van der Waals surface area (Å²) in [4.78, 5) is 24.6. The molecule has 4 aromatic rings. The van der Waals surface area contributed by atoms with E-state index in [1.54, 1.807) is 55.6 Å². The van der Waals surface area contributed by atoms with Crippen LogP contribution < -0.4 is 15.5 Å². The van der Waals surface area contributed by atoms with Gasteiger partial charge in [-0.3, -0.25) is 9.59 Å². The Morgan fingerprint density at radius 3 is 2.75 bits per heavy atom. The number of carbonyl (C=O) groups excluding carboxylic acids is 1. The molecule has 1 N–H and O–H groups in total. The first-order chi connectivity index (χ1) is 13.7. The molecule has 9 heteroatoms. The van der Waals surface area contributed by atoms with Crippen molar-refractivity contribution in [1.82, 2.24) is 25.5 Å². The van der Waals surface area contributed by atoms with E-state index in [0.29, 0.717) is 28.2 Å². The summed E-state index contributed by atoms with van der Waals surface area (Å²) >= 11 is 0. The minimum absolute atomic E-state index is 0.0500. The Bertz CT molecular complexity index is 1200. The van der Waals surface area contributed by atoms with Gasteiger partial charge in [0.2, 0.25) is 0 Å². The number of amides is 1. The Morgan fingerprint density at radius 1 is 1.18 bits per heavy atom. The van der Waals surface area contributed by atoms with Crippen molar-refractivity contribution in [3.05, 3.63) is 76.4 Å². The van der Waals surface area contributed by atoms with Gasteiger partial charge in [0, 0.05) is 6.07 Å². The lowest BCUT2D eigenvalue weighted by Crippen LogP contribution is -2.25. The Hall–Kier alpha value is -4.01. The van der Waals surface area contributed by atoms with Crippen molar-refractivity contribution >= 4 is 16.9 Å². The van der Waals surface area contributed by atoms with Gasteiger partial charge in [0.1, 0.15) is 11.3 Å². The highest BCUT2D eigenvalue weighted by atomic mass is 16.5. The van der Waals surface area contributed by atoms with Crippen LogP contribution in [0.3, 0.4) is 0 Å². The molecule has 2 aromatic carbocycles. The summed E-state index contributed by atoms with van der Waals surface area (Å²) in [5, 5.41) is 14.6. The van der Waals surface area contributed by atoms with Gasteiger partial charge in [-0.05, 0) is 46.8 Å². The van der Waals surface area contributed by atoms with Gasteiger partial charge in [-0.15, -0.1) is 5.10 Å². The SMILES string of the molecule is COc1ccc(-n2nnnc2CNC(=O)c2cc(=O)c3ccccc3o2)cc1. The van der Waals surface area contributed by atoms with Crippen molar-refractivity contribution in [3.63, 3.8) is 0 Å². The van der Waals surface area contributed by atoms with Gasteiger partial charge in [-0.25, -0.2) is 0 Å². The molecule has 0 radical (unpaired) electrons. The first kappa shape index (κ1) is 17.4. The van der Waals surface area contributed by atoms with Crippen LogP contribution in [-0.2, 0) is 6.54 Å². The van der Waals surface area contributed by atoms with Gasteiger partial charge >= 0.3 is 0 Å². The van der Waals surface area contributed by atoms with E-state index in [4.69, 9.17) is 9.15 Å². The van der Waals surface area contributed by atoms with Crippen molar-refractivity contribution in [3.8, 4) is 11.4 Å². The summed E-state index contributed by atoms with van der Waals surface area (Å²) < 4.78 is 12.2. The molecule has 0 aliphatic carbocycles. The third kappa shape index (κ3) is 3.32. The van der Waals surface area contributed by atoms with E-state index in [1.165, 1.54) is 10.7 Å². The molecule has 0 fully saturated rings. The smallest absolute Gasteiger partial charge is 0.287 e. The van der Waals surface area contributed by atoms with E-state index in [2.05, 4.69) is 20.8 Å². The predicted molar refractivity (Wildman–Crippen MR) is 99.4 cm³/mol. The maximum Gasteiger partial charge on any atom is 0.287 e. The second-order valence-electron chi connectivity index (χ2n) is 5.86. The van der Waals surface area contributed by atoms with Gasteiger partial charge in [0.05, 0.1) is 24.7 Å². The zero-order valence-corrected chi connectivity index (χ0v) is 14.8. The Morgan fingerprint density at radius 2 is 1.96 bits per heavy atom. The van der Waals surface area contributed by atoms with Crippen LogP contribution in [0.4, 0.5) is 0 Å². The number of fused-ring (bicyclic) bond motifs is 1. The molecule has 28 heavy (non-hydrogen) atoms. The molecule has 2 aromatic heterocycles.